The van der Waals surface area contributed by atoms with Crippen molar-refractivity contribution in [2.75, 3.05) is 13.1 Å². The van der Waals surface area contributed by atoms with Crippen LogP contribution in [0.1, 0.15) is 40.6 Å². The molecule has 5 nitrogen and oxygen atoms in total. The first-order valence-electron chi connectivity index (χ1n) is 8.26. The van der Waals surface area contributed by atoms with Crippen molar-refractivity contribution in [1.29, 1.82) is 0 Å². The summed E-state index contributed by atoms with van der Waals surface area (Å²) in [5.41, 5.74) is 2.50. The maximum atomic E-state index is 12.9. The molecule has 5 heteroatoms. The minimum atomic E-state index is 0.0735. The molecule has 1 atom stereocenters. The van der Waals surface area contributed by atoms with Crippen molar-refractivity contribution in [2.45, 2.75) is 25.7 Å². The Morgan fingerprint density at radius 2 is 2.21 bits per heavy atom. The lowest BCUT2D eigenvalue weighted by Crippen LogP contribution is -2.39. The number of hydrogen-bond acceptors (Lipinski definition) is 4. The molecule has 1 aromatic carbocycles. The Morgan fingerprint density at radius 3 is 3.04 bits per heavy atom. The average molecular weight is 321 g/mol. The van der Waals surface area contributed by atoms with Gasteiger partial charge in [0.2, 0.25) is 0 Å². The molecule has 3 aromatic rings. The number of nitrogens with zero attached hydrogens (tertiary/aromatic N) is 3. The predicted octanol–water partition coefficient (Wildman–Crippen LogP) is 3.55. The number of aromatic nitrogens is 2. The molecule has 3 heterocycles. The van der Waals surface area contributed by atoms with Crippen molar-refractivity contribution in [3.8, 4) is 0 Å². The van der Waals surface area contributed by atoms with Crippen LogP contribution in [-0.4, -0.2) is 33.9 Å². The summed E-state index contributed by atoms with van der Waals surface area (Å²) >= 11 is 0. The molecule has 0 N–H and O–H groups in total. The van der Waals surface area contributed by atoms with E-state index >= 15 is 0 Å². The molecule has 2 aromatic heterocycles. The van der Waals surface area contributed by atoms with Gasteiger partial charge in [0, 0.05) is 48.5 Å². The van der Waals surface area contributed by atoms with E-state index in [-0.39, 0.29) is 11.8 Å². The Labute approximate surface area is 140 Å². The van der Waals surface area contributed by atoms with Crippen molar-refractivity contribution < 1.29 is 9.21 Å². The standard InChI is InChI=1S/C19H19N3O2/c1-13-9-16-10-14(4-5-18(16)24-13)19(23)22-8-2-3-15(12-22)17-11-20-6-7-21-17/h4-7,9-11,15H,2-3,8,12H2,1H3. The number of carbonyl (C=O) groups excluding carboxylic acids is 1. The zero-order chi connectivity index (χ0) is 16.5. The number of amides is 1. The van der Waals surface area contributed by atoms with E-state index in [0.717, 1.165) is 41.8 Å². The van der Waals surface area contributed by atoms with Crippen LogP contribution in [0.25, 0.3) is 11.0 Å². The highest BCUT2D eigenvalue weighted by Gasteiger charge is 2.26. The molecule has 0 spiro atoms. The van der Waals surface area contributed by atoms with E-state index in [1.165, 1.54) is 0 Å². The summed E-state index contributed by atoms with van der Waals surface area (Å²) in [4.78, 5) is 23.4. The molecular weight excluding hydrogens is 302 g/mol. The Balaban J connectivity index is 1.56. The number of piperidine rings is 1. The van der Waals surface area contributed by atoms with Gasteiger partial charge in [0.1, 0.15) is 11.3 Å². The molecule has 0 saturated carbocycles. The first kappa shape index (κ1) is 14.9. The third-order valence-corrected chi connectivity index (χ3v) is 4.60. The van der Waals surface area contributed by atoms with E-state index in [2.05, 4.69) is 9.97 Å². The highest BCUT2D eigenvalue weighted by atomic mass is 16.3. The minimum absolute atomic E-state index is 0.0735. The molecule has 24 heavy (non-hydrogen) atoms. The molecule has 1 unspecified atom stereocenters. The van der Waals surface area contributed by atoms with Crippen LogP contribution in [0.15, 0.2) is 47.3 Å². The van der Waals surface area contributed by atoms with Gasteiger partial charge in [-0.15, -0.1) is 0 Å². The van der Waals surface area contributed by atoms with Gasteiger partial charge in [-0.25, -0.2) is 0 Å². The normalized spacial score (nSPS) is 18.0. The van der Waals surface area contributed by atoms with Crippen molar-refractivity contribution in [3.05, 3.63) is 59.9 Å². The molecule has 1 aliphatic heterocycles. The van der Waals surface area contributed by atoms with Crippen LogP contribution in [0, 0.1) is 6.92 Å². The highest BCUT2D eigenvalue weighted by molar-refractivity contribution is 5.98. The molecule has 122 valence electrons. The van der Waals surface area contributed by atoms with Gasteiger partial charge in [0.15, 0.2) is 0 Å². The zero-order valence-corrected chi connectivity index (χ0v) is 13.6. The van der Waals surface area contributed by atoms with E-state index in [0.29, 0.717) is 12.1 Å². The zero-order valence-electron chi connectivity index (χ0n) is 13.6. The molecule has 1 aliphatic rings. The number of aryl methyl sites for hydroxylation is 1. The van der Waals surface area contributed by atoms with E-state index in [9.17, 15) is 4.79 Å². The van der Waals surface area contributed by atoms with Gasteiger partial charge in [0.25, 0.3) is 5.91 Å². The molecule has 4 rings (SSSR count). The molecule has 0 bridgehead atoms. The van der Waals surface area contributed by atoms with Gasteiger partial charge in [-0.1, -0.05) is 0 Å². The fourth-order valence-corrected chi connectivity index (χ4v) is 3.42. The third kappa shape index (κ3) is 2.77. The number of benzene rings is 1. The number of carbonyl (C=O) groups is 1. The second-order valence-corrected chi connectivity index (χ2v) is 6.33. The van der Waals surface area contributed by atoms with Crippen LogP contribution in [-0.2, 0) is 0 Å². The summed E-state index contributed by atoms with van der Waals surface area (Å²) in [5.74, 6) is 1.19. The lowest BCUT2D eigenvalue weighted by atomic mass is 9.94. The summed E-state index contributed by atoms with van der Waals surface area (Å²) in [7, 11) is 0. The van der Waals surface area contributed by atoms with Crippen LogP contribution in [0.5, 0.6) is 0 Å². The lowest BCUT2D eigenvalue weighted by Gasteiger charge is -2.32. The van der Waals surface area contributed by atoms with E-state index in [4.69, 9.17) is 4.42 Å². The van der Waals surface area contributed by atoms with E-state index in [1.54, 1.807) is 18.6 Å². The molecular formula is C19H19N3O2. The van der Waals surface area contributed by atoms with Crippen LogP contribution in [0.3, 0.4) is 0 Å². The SMILES string of the molecule is Cc1cc2cc(C(=O)N3CCCC(c4cnccn4)C3)ccc2o1. The number of fused-ring (bicyclic) bond motifs is 1. The first-order chi connectivity index (χ1) is 11.7. The molecule has 0 aliphatic carbocycles. The van der Waals surface area contributed by atoms with Crippen molar-refractivity contribution in [1.82, 2.24) is 14.9 Å². The topological polar surface area (TPSA) is 59.2 Å². The smallest absolute Gasteiger partial charge is 0.253 e. The summed E-state index contributed by atoms with van der Waals surface area (Å²) in [5, 5.41) is 0.973. The van der Waals surface area contributed by atoms with Crippen LogP contribution < -0.4 is 0 Å². The third-order valence-electron chi connectivity index (χ3n) is 4.60. The summed E-state index contributed by atoms with van der Waals surface area (Å²) in [6.45, 7) is 3.40. The van der Waals surface area contributed by atoms with Gasteiger partial charge in [-0.05, 0) is 44.0 Å². The van der Waals surface area contributed by atoms with Gasteiger partial charge < -0.3 is 9.32 Å². The monoisotopic (exact) mass is 321 g/mol. The van der Waals surface area contributed by atoms with Gasteiger partial charge in [0.05, 0.1) is 5.69 Å². The lowest BCUT2D eigenvalue weighted by molar-refractivity contribution is 0.0706. The predicted molar refractivity (Wildman–Crippen MR) is 90.9 cm³/mol. The fourth-order valence-electron chi connectivity index (χ4n) is 3.42. The van der Waals surface area contributed by atoms with Gasteiger partial charge >= 0.3 is 0 Å². The molecule has 1 fully saturated rings. The summed E-state index contributed by atoms with van der Waals surface area (Å²) < 4.78 is 5.58. The number of hydrogen-bond donors (Lipinski definition) is 0. The maximum Gasteiger partial charge on any atom is 0.253 e. The fraction of sp³-hybridized carbons (Fsp3) is 0.316. The Hall–Kier alpha value is -2.69. The Bertz CT molecular complexity index is 873. The Morgan fingerprint density at radius 1 is 1.29 bits per heavy atom. The van der Waals surface area contributed by atoms with Crippen molar-refractivity contribution in [2.24, 2.45) is 0 Å². The van der Waals surface area contributed by atoms with E-state index < -0.39 is 0 Å². The van der Waals surface area contributed by atoms with Crippen LogP contribution in [0.4, 0.5) is 0 Å². The summed E-state index contributed by atoms with van der Waals surface area (Å²) in [6.07, 6.45) is 7.23. The van der Waals surface area contributed by atoms with Crippen LogP contribution in [0.2, 0.25) is 0 Å². The minimum Gasteiger partial charge on any atom is -0.461 e. The van der Waals surface area contributed by atoms with Crippen LogP contribution >= 0.6 is 0 Å². The molecule has 0 radical (unpaired) electrons. The largest absolute Gasteiger partial charge is 0.461 e. The average Bonchev–Trinajstić information content (AvgIpc) is 3.01. The Kier molecular flexibility index (Phi) is 3.76. The quantitative estimate of drug-likeness (QED) is 0.724. The molecule has 1 saturated heterocycles. The second-order valence-electron chi connectivity index (χ2n) is 6.33. The molecule has 1 amide bonds. The number of likely N-dealkylation sites (tertiary alicyclic amines) is 1. The highest BCUT2D eigenvalue weighted by Crippen LogP contribution is 2.27. The van der Waals surface area contributed by atoms with Gasteiger partial charge in [-0.3, -0.25) is 14.8 Å². The second kappa shape index (κ2) is 6.07. The maximum absolute atomic E-state index is 12.9. The number of rotatable bonds is 2. The number of furan rings is 1. The van der Waals surface area contributed by atoms with Crippen molar-refractivity contribution in [3.63, 3.8) is 0 Å². The first-order valence-corrected chi connectivity index (χ1v) is 8.26. The van der Waals surface area contributed by atoms with E-state index in [1.807, 2.05) is 36.1 Å². The van der Waals surface area contributed by atoms with Crippen molar-refractivity contribution >= 4 is 16.9 Å². The summed E-state index contributed by atoms with van der Waals surface area (Å²) in [6, 6.07) is 7.60. The van der Waals surface area contributed by atoms with Gasteiger partial charge in [-0.2, -0.15) is 0 Å².